The Kier molecular flexibility index (Phi) is 2.92. The van der Waals surface area contributed by atoms with Crippen molar-refractivity contribution in [2.45, 2.75) is 64.9 Å². The fraction of sp³-hybridized carbons (Fsp3) is 0.762. The Labute approximate surface area is 148 Å². The molecular weight excluding hydrogens is 316 g/mol. The van der Waals surface area contributed by atoms with Gasteiger partial charge in [-0.05, 0) is 55.9 Å². The largest absolute Gasteiger partial charge is 0.461 e. The molecule has 4 nitrogen and oxygen atoms in total. The maximum absolute atomic E-state index is 12.5. The number of allylic oxidation sites excluding steroid dienone is 1. The first-order valence-corrected chi connectivity index (χ1v) is 9.78. The van der Waals surface area contributed by atoms with Crippen LogP contribution >= 0.6 is 0 Å². The normalized spacial score (nSPS) is 52.7. The number of ketones is 2. The highest BCUT2D eigenvalue weighted by atomic mass is 16.6. The Morgan fingerprint density at radius 1 is 1.16 bits per heavy atom. The van der Waals surface area contributed by atoms with Gasteiger partial charge in [0, 0.05) is 36.0 Å². The van der Waals surface area contributed by atoms with Crippen LogP contribution in [0.4, 0.5) is 0 Å². The molecule has 0 aromatic rings. The van der Waals surface area contributed by atoms with Crippen LogP contribution in [-0.2, 0) is 19.1 Å². The second kappa shape index (κ2) is 4.63. The van der Waals surface area contributed by atoms with Gasteiger partial charge in [0.25, 0.3) is 0 Å². The fourth-order valence-corrected chi connectivity index (χ4v) is 7.68. The molecular formula is C21H26O4. The van der Waals surface area contributed by atoms with E-state index in [1.54, 1.807) is 6.08 Å². The van der Waals surface area contributed by atoms with Crippen LogP contribution in [0.2, 0.25) is 0 Å². The molecule has 5 rings (SSSR count). The number of hydrogen-bond donors (Lipinski definition) is 0. The van der Waals surface area contributed by atoms with Gasteiger partial charge < -0.3 is 4.74 Å². The van der Waals surface area contributed by atoms with Crippen molar-refractivity contribution in [1.29, 1.82) is 0 Å². The summed E-state index contributed by atoms with van der Waals surface area (Å²) < 4.78 is 5.78. The van der Waals surface area contributed by atoms with Gasteiger partial charge in [-0.2, -0.15) is 0 Å². The van der Waals surface area contributed by atoms with Crippen LogP contribution in [0.3, 0.4) is 0 Å². The molecule has 0 heterocycles. The number of esters is 1. The van der Waals surface area contributed by atoms with Crippen molar-refractivity contribution in [3.8, 4) is 0 Å². The van der Waals surface area contributed by atoms with Gasteiger partial charge >= 0.3 is 5.97 Å². The SMILES string of the molecule is CC(=O)O[C@H]1[C@@]23CC[C@@H]4[C@H](CC[C@]5(C)C(=O)CC[C@@H]45)[C@@]12C=CC(=O)C3. The minimum absolute atomic E-state index is 0.141. The highest BCUT2D eigenvalue weighted by molar-refractivity contribution is 5.93. The van der Waals surface area contributed by atoms with Crippen LogP contribution in [0.5, 0.6) is 0 Å². The van der Waals surface area contributed by atoms with E-state index in [-0.39, 0.29) is 34.1 Å². The number of carbonyl (C=O) groups is 3. The van der Waals surface area contributed by atoms with Crippen LogP contribution in [0, 0.1) is 34.0 Å². The molecule has 0 aromatic heterocycles. The predicted octanol–water partition coefficient (Wildman–Crippen LogP) is 3.24. The average Bonchev–Trinajstić information content (AvgIpc) is 3.00. The maximum Gasteiger partial charge on any atom is 0.302 e. The van der Waals surface area contributed by atoms with Crippen molar-refractivity contribution in [2.24, 2.45) is 34.0 Å². The van der Waals surface area contributed by atoms with Gasteiger partial charge in [0.15, 0.2) is 5.78 Å². The average molecular weight is 342 g/mol. The first kappa shape index (κ1) is 15.8. The molecule has 0 radical (unpaired) electrons. The molecule has 5 aliphatic rings. The molecule has 4 fully saturated rings. The third-order valence-electron chi connectivity index (χ3n) is 8.72. The molecule has 0 unspecified atom stereocenters. The number of ether oxygens (including phenoxy) is 1. The third kappa shape index (κ3) is 1.67. The second-order valence-electron chi connectivity index (χ2n) is 9.39. The summed E-state index contributed by atoms with van der Waals surface area (Å²) in [6.45, 7) is 3.65. The summed E-state index contributed by atoms with van der Waals surface area (Å²) in [5.41, 5.74) is -0.456. The summed E-state index contributed by atoms with van der Waals surface area (Å²) in [6, 6.07) is 0. The molecule has 0 saturated heterocycles. The highest BCUT2D eigenvalue weighted by Crippen LogP contribution is 2.81. The smallest absolute Gasteiger partial charge is 0.302 e. The minimum atomic E-state index is -0.242. The monoisotopic (exact) mass is 342 g/mol. The molecule has 5 aliphatic carbocycles. The number of carbonyl (C=O) groups excluding carboxylic acids is 3. The van der Waals surface area contributed by atoms with E-state index in [9.17, 15) is 14.4 Å². The first-order valence-electron chi connectivity index (χ1n) is 9.78. The van der Waals surface area contributed by atoms with Crippen LogP contribution in [0.15, 0.2) is 12.2 Å². The lowest BCUT2D eigenvalue weighted by Gasteiger charge is -2.52. The third-order valence-corrected chi connectivity index (χ3v) is 8.72. The van der Waals surface area contributed by atoms with Gasteiger partial charge in [-0.25, -0.2) is 0 Å². The van der Waals surface area contributed by atoms with E-state index in [0.29, 0.717) is 30.0 Å². The Morgan fingerprint density at radius 2 is 1.96 bits per heavy atom. The summed E-state index contributed by atoms with van der Waals surface area (Å²) >= 11 is 0. The summed E-state index contributed by atoms with van der Waals surface area (Å²) in [7, 11) is 0. The van der Waals surface area contributed by atoms with Crippen LogP contribution in [0.1, 0.15) is 58.8 Å². The molecule has 7 atom stereocenters. The van der Waals surface area contributed by atoms with E-state index in [4.69, 9.17) is 4.74 Å². The van der Waals surface area contributed by atoms with Crippen molar-refractivity contribution in [2.75, 3.05) is 0 Å². The lowest BCUT2D eigenvalue weighted by molar-refractivity contribution is -0.144. The Morgan fingerprint density at radius 3 is 2.72 bits per heavy atom. The summed E-state index contributed by atoms with van der Waals surface area (Å²) in [5.74, 6) is 1.81. The van der Waals surface area contributed by atoms with E-state index in [2.05, 4.69) is 13.0 Å². The fourth-order valence-electron chi connectivity index (χ4n) is 7.68. The Hall–Kier alpha value is -1.45. The quantitative estimate of drug-likeness (QED) is 0.687. The zero-order valence-corrected chi connectivity index (χ0v) is 15.0. The molecule has 0 spiro atoms. The van der Waals surface area contributed by atoms with Crippen LogP contribution in [0.25, 0.3) is 0 Å². The summed E-state index contributed by atoms with van der Waals surface area (Å²) in [5, 5.41) is 0. The van der Waals surface area contributed by atoms with Gasteiger partial charge in [0.05, 0.1) is 0 Å². The van der Waals surface area contributed by atoms with Crippen molar-refractivity contribution in [3.63, 3.8) is 0 Å². The summed E-state index contributed by atoms with van der Waals surface area (Å²) in [6.07, 6.45) is 9.93. The molecule has 134 valence electrons. The van der Waals surface area contributed by atoms with E-state index < -0.39 is 0 Å². The minimum Gasteiger partial charge on any atom is -0.461 e. The number of fused-ring (bicyclic) bond motifs is 3. The van der Waals surface area contributed by atoms with Crippen molar-refractivity contribution in [1.82, 2.24) is 0 Å². The maximum atomic E-state index is 12.5. The Bertz CT molecular complexity index is 723. The molecule has 4 heteroatoms. The number of Topliss-reactive ketones (excluding diaryl/α,β-unsaturated/α-hetero) is 1. The van der Waals surface area contributed by atoms with Crippen molar-refractivity contribution >= 4 is 17.5 Å². The molecule has 0 aromatic carbocycles. The highest BCUT2D eigenvalue weighted by Gasteiger charge is 2.83. The molecule has 0 amide bonds. The van der Waals surface area contributed by atoms with Gasteiger partial charge in [-0.3, -0.25) is 14.4 Å². The Balaban J connectivity index is 1.56. The zero-order valence-electron chi connectivity index (χ0n) is 15.0. The van der Waals surface area contributed by atoms with E-state index in [1.807, 2.05) is 0 Å². The summed E-state index contributed by atoms with van der Waals surface area (Å²) in [4.78, 5) is 36.4. The van der Waals surface area contributed by atoms with Gasteiger partial charge in [0.2, 0.25) is 0 Å². The topological polar surface area (TPSA) is 60.4 Å². The molecule has 25 heavy (non-hydrogen) atoms. The van der Waals surface area contributed by atoms with Crippen molar-refractivity contribution in [3.05, 3.63) is 12.2 Å². The second-order valence-corrected chi connectivity index (χ2v) is 9.39. The van der Waals surface area contributed by atoms with E-state index >= 15 is 0 Å². The molecule has 4 saturated carbocycles. The van der Waals surface area contributed by atoms with Gasteiger partial charge in [-0.15, -0.1) is 0 Å². The van der Waals surface area contributed by atoms with Crippen molar-refractivity contribution < 1.29 is 19.1 Å². The first-order chi connectivity index (χ1) is 11.8. The number of rotatable bonds is 1. The molecule has 0 N–H and O–H groups in total. The van der Waals surface area contributed by atoms with Crippen LogP contribution in [-0.4, -0.2) is 23.6 Å². The zero-order chi connectivity index (χ0) is 17.6. The van der Waals surface area contributed by atoms with Gasteiger partial charge in [-0.1, -0.05) is 13.0 Å². The number of hydrogen-bond acceptors (Lipinski definition) is 4. The van der Waals surface area contributed by atoms with Crippen LogP contribution < -0.4 is 0 Å². The standard InChI is InChI=1S/C21H26O4/c1-12(22)25-18-20-9-6-14-15-3-4-17(24)19(15,2)8-7-16(14)21(18,20)10-5-13(23)11-20/h5,10,14-16,18H,3-4,6-9,11H2,1-2H3/t14-,15-,16-,18-,19-,20-,21-/m0/s1. The van der Waals surface area contributed by atoms with Gasteiger partial charge in [0.1, 0.15) is 11.9 Å². The predicted molar refractivity (Wildman–Crippen MR) is 90.5 cm³/mol. The van der Waals surface area contributed by atoms with E-state index in [1.165, 1.54) is 6.92 Å². The molecule has 0 aliphatic heterocycles. The lowest BCUT2D eigenvalue weighted by atomic mass is 9.51. The lowest BCUT2D eigenvalue weighted by Crippen LogP contribution is -2.48. The van der Waals surface area contributed by atoms with E-state index in [0.717, 1.165) is 38.5 Å². The molecule has 0 bridgehead atoms.